The fraction of sp³-hybridized carbons (Fsp3) is 0.174. The average Bonchev–Trinajstić information content (AvgIpc) is 2.82. The number of alkyl halides is 2. The van der Waals surface area contributed by atoms with E-state index in [1.807, 2.05) is 18.2 Å². The van der Waals surface area contributed by atoms with Crippen LogP contribution in [0.15, 0.2) is 77.7 Å². The molecule has 0 aromatic heterocycles. The minimum Gasteiger partial charge on any atom is -0.493 e. The van der Waals surface area contributed by atoms with Crippen LogP contribution in [-0.4, -0.2) is 28.0 Å². The van der Waals surface area contributed by atoms with Gasteiger partial charge in [0, 0.05) is 18.7 Å². The van der Waals surface area contributed by atoms with Gasteiger partial charge in [-0.2, -0.15) is 8.78 Å². The SMILES string of the molecule is COc1cc(CNC(=O)c2cccc(S(=O)(=O)NCc3ccccc3)c2)ccc1OC(F)F. The third-order valence-electron chi connectivity index (χ3n) is 4.61. The monoisotopic (exact) mass is 476 g/mol. The Kier molecular flexibility index (Phi) is 7.96. The molecule has 33 heavy (non-hydrogen) atoms. The number of rotatable bonds is 10. The number of halogens is 2. The van der Waals surface area contributed by atoms with E-state index >= 15 is 0 Å². The van der Waals surface area contributed by atoms with Gasteiger partial charge < -0.3 is 14.8 Å². The third-order valence-corrected chi connectivity index (χ3v) is 6.01. The number of hydrogen-bond donors (Lipinski definition) is 2. The van der Waals surface area contributed by atoms with Crippen LogP contribution < -0.4 is 19.5 Å². The number of methoxy groups -OCH3 is 1. The lowest BCUT2D eigenvalue weighted by atomic mass is 10.1. The van der Waals surface area contributed by atoms with Crippen molar-refractivity contribution in [2.75, 3.05) is 7.11 Å². The Hall–Kier alpha value is -3.50. The van der Waals surface area contributed by atoms with Crippen LogP contribution in [0.1, 0.15) is 21.5 Å². The Bertz CT molecular complexity index is 1200. The minimum absolute atomic E-state index is 0.0405. The maximum absolute atomic E-state index is 12.6. The Labute approximate surface area is 190 Å². The predicted molar refractivity (Wildman–Crippen MR) is 118 cm³/mol. The van der Waals surface area contributed by atoms with Crippen molar-refractivity contribution in [3.8, 4) is 11.5 Å². The summed E-state index contributed by atoms with van der Waals surface area (Å²) in [6, 6.07) is 19.0. The number of sulfonamides is 1. The van der Waals surface area contributed by atoms with Gasteiger partial charge in [0.25, 0.3) is 5.91 Å². The van der Waals surface area contributed by atoms with Crippen molar-refractivity contribution in [2.24, 2.45) is 0 Å². The zero-order valence-electron chi connectivity index (χ0n) is 17.6. The van der Waals surface area contributed by atoms with Crippen LogP contribution in [0.4, 0.5) is 8.78 Å². The highest BCUT2D eigenvalue weighted by molar-refractivity contribution is 7.89. The number of benzene rings is 3. The van der Waals surface area contributed by atoms with Crippen molar-refractivity contribution in [3.63, 3.8) is 0 Å². The lowest BCUT2D eigenvalue weighted by Crippen LogP contribution is -2.25. The van der Waals surface area contributed by atoms with Gasteiger partial charge in [-0.05, 0) is 41.5 Å². The minimum atomic E-state index is -3.83. The maximum Gasteiger partial charge on any atom is 0.387 e. The summed E-state index contributed by atoms with van der Waals surface area (Å²) in [5.74, 6) is -0.523. The molecule has 3 rings (SSSR count). The molecule has 1 amide bonds. The predicted octanol–water partition coefficient (Wildman–Crippen LogP) is 3.71. The van der Waals surface area contributed by atoms with E-state index in [0.29, 0.717) is 5.56 Å². The molecule has 0 spiro atoms. The summed E-state index contributed by atoms with van der Waals surface area (Å²) < 4.78 is 62.1. The van der Waals surface area contributed by atoms with Crippen LogP contribution in [0.5, 0.6) is 11.5 Å². The molecule has 0 atom stereocenters. The average molecular weight is 477 g/mol. The molecule has 0 heterocycles. The van der Waals surface area contributed by atoms with Crippen LogP contribution in [0.2, 0.25) is 0 Å². The summed E-state index contributed by atoms with van der Waals surface area (Å²) in [4.78, 5) is 12.5. The molecule has 3 aromatic rings. The summed E-state index contributed by atoms with van der Waals surface area (Å²) >= 11 is 0. The molecule has 0 radical (unpaired) electrons. The van der Waals surface area contributed by atoms with E-state index in [1.165, 1.54) is 49.6 Å². The Morgan fingerprint density at radius 3 is 2.36 bits per heavy atom. The molecule has 0 aliphatic heterocycles. The number of ether oxygens (including phenoxy) is 2. The first-order valence-corrected chi connectivity index (χ1v) is 11.3. The second kappa shape index (κ2) is 10.9. The van der Waals surface area contributed by atoms with Gasteiger partial charge in [-0.1, -0.05) is 42.5 Å². The summed E-state index contributed by atoms with van der Waals surface area (Å²) in [5.41, 5.74) is 1.53. The van der Waals surface area contributed by atoms with Gasteiger partial charge in [-0.25, -0.2) is 13.1 Å². The Morgan fingerprint density at radius 1 is 0.909 bits per heavy atom. The Balaban J connectivity index is 1.66. The summed E-state index contributed by atoms with van der Waals surface area (Å²) in [7, 11) is -2.51. The van der Waals surface area contributed by atoms with Crippen molar-refractivity contribution in [1.82, 2.24) is 10.0 Å². The van der Waals surface area contributed by atoms with Gasteiger partial charge in [0.15, 0.2) is 11.5 Å². The van der Waals surface area contributed by atoms with Gasteiger partial charge in [-0.3, -0.25) is 4.79 Å². The topological polar surface area (TPSA) is 93.7 Å². The normalized spacial score (nSPS) is 11.3. The molecule has 0 saturated heterocycles. The molecule has 2 N–H and O–H groups in total. The molecular weight excluding hydrogens is 454 g/mol. The largest absolute Gasteiger partial charge is 0.493 e. The van der Waals surface area contributed by atoms with Crippen LogP contribution >= 0.6 is 0 Å². The standard InChI is InChI=1S/C23H22F2N2O5S/c1-31-21-12-17(10-11-20(21)32-23(24)25)14-26-22(28)18-8-5-9-19(13-18)33(29,30)27-15-16-6-3-2-4-7-16/h2-13,23,27H,14-15H2,1H3,(H,26,28). The van der Waals surface area contributed by atoms with Gasteiger partial charge in [0.2, 0.25) is 10.0 Å². The molecular formula is C23H22F2N2O5S. The van der Waals surface area contributed by atoms with E-state index in [4.69, 9.17) is 4.74 Å². The van der Waals surface area contributed by atoms with Crippen molar-refractivity contribution < 1.29 is 31.5 Å². The second-order valence-corrected chi connectivity index (χ2v) is 8.65. The molecule has 3 aromatic carbocycles. The van der Waals surface area contributed by atoms with Gasteiger partial charge >= 0.3 is 6.61 Å². The van der Waals surface area contributed by atoms with Crippen LogP contribution in [0.25, 0.3) is 0 Å². The fourth-order valence-electron chi connectivity index (χ4n) is 2.96. The number of carbonyl (C=O) groups is 1. The van der Waals surface area contributed by atoms with E-state index < -0.39 is 22.5 Å². The highest BCUT2D eigenvalue weighted by Crippen LogP contribution is 2.29. The number of hydrogen-bond acceptors (Lipinski definition) is 5. The van der Waals surface area contributed by atoms with Crippen molar-refractivity contribution >= 4 is 15.9 Å². The third kappa shape index (κ3) is 6.74. The van der Waals surface area contributed by atoms with E-state index in [2.05, 4.69) is 14.8 Å². The highest BCUT2D eigenvalue weighted by Gasteiger charge is 2.17. The number of carbonyl (C=O) groups excluding carboxylic acids is 1. The lowest BCUT2D eigenvalue weighted by Gasteiger charge is -2.12. The molecule has 0 aliphatic carbocycles. The zero-order valence-corrected chi connectivity index (χ0v) is 18.4. The first-order chi connectivity index (χ1) is 15.8. The summed E-state index contributed by atoms with van der Waals surface area (Å²) in [6.45, 7) is -2.81. The lowest BCUT2D eigenvalue weighted by molar-refractivity contribution is -0.0512. The second-order valence-electron chi connectivity index (χ2n) is 6.88. The number of nitrogens with one attached hydrogen (secondary N) is 2. The van der Waals surface area contributed by atoms with Crippen molar-refractivity contribution in [1.29, 1.82) is 0 Å². The van der Waals surface area contributed by atoms with Gasteiger partial charge in [0.1, 0.15) is 0 Å². The van der Waals surface area contributed by atoms with E-state index in [0.717, 1.165) is 5.56 Å². The molecule has 0 fully saturated rings. The first-order valence-electron chi connectivity index (χ1n) is 9.82. The molecule has 10 heteroatoms. The van der Waals surface area contributed by atoms with E-state index in [-0.39, 0.29) is 35.0 Å². The zero-order chi connectivity index (χ0) is 23.8. The van der Waals surface area contributed by atoms with Gasteiger partial charge in [-0.15, -0.1) is 0 Å². The fourth-order valence-corrected chi connectivity index (χ4v) is 4.02. The number of amides is 1. The molecule has 0 bridgehead atoms. The van der Waals surface area contributed by atoms with E-state index in [9.17, 15) is 22.0 Å². The molecule has 0 aliphatic rings. The van der Waals surface area contributed by atoms with Crippen LogP contribution in [-0.2, 0) is 23.1 Å². The smallest absolute Gasteiger partial charge is 0.387 e. The quantitative estimate of drug-likeness (QED) is 0.465. The molecule has 0 saturated carbocycles. The van der Waals surface area contributed by atoms with Crippen molar-refractivity contribution in [3.05, 3.63) is 89.5 Å². The molecule has 0 unspecified atom stereocenters. The Morgan fingerprint density at radius 2 is 1.67 bits per heavy atom. The van der Waals surface area contributed by atoms with Gasteiger partial charge in [0.05, 0.1) is 12.0 Å². The molecule has 174 valence electrons. The maximum atomic E-state index is 12.6. The van der Waals surface area contributed by atoms with Crippen LogP contribution in [0.3, 0.4) is 0 Å². The van der Waals surface area contributed by atoms with Crippen LogP contribution in [0, 0.1) is 0 Å². The molecule has 7 nitrogen and oxygen atoms in total. The summed E-state index contributed by atoms with van der Waals surface area (Å²) in [6.07, 6.45) is 0. The first kappa shape index (κ1) is 24.1. The summed E-state index contributed by atoms with van der Waals surface area (Å²) in [5, 5.41) is 2.66. The highest BCUT2D eigenvalue weighted by atomic mass is 32.2. The van der Waals surface area contributed by atoms with E-state index in [1.54, 1.807) is 12.1 Å². The van der Waals surface area contributed by atoms with Crippen molar-refractivity contribution in [2.45, 2.75) is 24.6 Å².